The normalized spacial score (nSPS) is 15.2. The van der Waals surface area contributed by atoms with Gasteiger partial charge in [-0.25, -0.2) is 0 Å². The number of hydrazone groups is 1. The first-order valence-corrected chi connectivity index (χ1v) is 7.39. The van der Waals surface area contributed by atoms with Crippen LogP contribution in [-0.4, -0.2) is 43.3 Å². The van der Waals surface area contributed by atoms with Crippen molar-refractivity contribution in [2.45, 2.75) is 0 Å². The Morgan fingerprint density at radius 1 is 0.955 bits per heavy atom. The van der Waals surface area contributed by atoms with Gasteiger partial charge in [-0.2, -0.15) is 5.10 Å². The smallest absolute Gasteiger partial charge is 0.205 e. The van der Waals surface area contributed by atoms with Crippen LogP contribution in [0.4, 0.5) is 0 Å². The summed E-state index contributed by atoms with van der Waals surface area (Å²) in [6.07, 6.45) is 1.39. The molecule has 0 amide bonds. The summed E-state index contributed by atoms with van der Waals surface area (Å²) < 4.78 is 5.25. The molecule has 0 radical (unpaired) electrons. The van der Waals surface area contributed by atoms with Gasteiger partial charge in [0.1, 0.15) is 0 Å². The van der Waals surface area contributed by atoms with Crippen LogP contribution >= 0.6 is 0 Å². The van der Waals surface area contributed by atoms with E-state index in [-0.39, 0.29) is 5.78 Å². The first-order valence-electron chi connectivity index (χ1n) is 7.39. The van der Waals surface area contributed by atoms with E-state index in [0.29, 0.717) is 18.8 Å². The molecule has 0 unspecified atom stereocenters. The van der Waals surface area contributed by atoms with Gasteiger partial charge in [-0.05, 0) is 11.1 Å². The van der Waals surface area contributed by atoms with Crippen LogP contribution in [0.15, 0.2) is 59.7 Å². The Hall–Kier alpha value is -2.46. The maximum Gasteiger partial charge on any atom is 0.205 e. The van der Waals surface area contributed by atoms with Crippen molar-refractivity contribution >= 4 is 12.0 Å². The fourth-order valence-corrected chi connectivity index (χ4v) is 2.34. The molecule has 1 heterocycles. The average molecular weight is 294 g/mol. The van der Waals surface area contributed by atoms with Crippen LogP contribution in [0, 0.1) is 0 Å². The van der Waals surface area contributed by atoms with Crippen molar-refractivity contribution in [3.8, 4) is 11.1 Å². The lowest BCUT2D eigenvalue weighted by molar-refractivity contribution is 0.0395. The highest BCUT2D eigenvalue weighted by Crippen LogP contribution is 2.19. The number of Topliss-reactive ketones (excluding diaryl/α,β-unsaturated/α-hetero) is 1. The maximum atomic E-state index is 12.1. The van der Waals surface area contributed by atoms with Gasteiger partial charge in [0, 0.05) is 5.56 Å². The second kappa shape index (κ2) is 7.00. The molecule has 4 heteroatoms. The summed E-state index contributed by atoms with van der Waals surface area (Å²) in [5.41, 5.74) is 2.89. The minimum Gasteiger partial charge on any atom is -0.378 e. The predicted octanol–water partition coefficient (Wildman–Crippen LogP) is 2.85. The Morgan fingerprint density at radius 3 is 2.27 bits per heavy atom. The third-order valence-corrected chi connectivity index (χ3v) is 3.60. The van der Waals surface area contributed by atoms with Gasteiger partial charge in [0.25, 0.3) is 0 Å². The first kappa shape index (κ1) is 14.5. The molecule has 2 aromatic carbocycles. The van der Waals surface area contributed by atoms with Gasteiger partial charge in [0.05, 0.1) is 32.5 Å². The van der Waals surface area contributed by atoms with Crippen molar-refractivity contribution in [3.05, 3.63) is 60.2 Å². The summed E-state index contributed by atoms with van der Waals surface area (Å²) in [5.74, 6) is -0.0777. The minimum absolute atomic E-state index is 0.0777. The molecule has 0 bridgehead atoms. The van der Waals surface area contributed by atoms with Crippen LogP contribution in [-0.2, 0) is 4.74 Å². The molecule has 22 heavy (non-hydrogen) atoms. The zero-order valence-electron chi connectivity index (χ0n) is 12.3. The van der Waals surface area contributed by atoms with Crippen LogP contribution in [0.3, 0.4) is 0 Å². The van der Waals surface area contributed by atoms with Gasteiger partial charge in [-0.1, -0.05) is 54.6 Å². The molecule has 1 aliphatic heterocycles. The molecule has 0 aromatic heterocycles. The highest BCUT2D eigenvalue weighted by atomic mass is 16.5. The fraction of sp³-hybridized carbons (Fsp3) is 0.222. The lowest BCUT2D eigenvalue weighted by Gasteiger charge is -2.23. The van der Waals surface area contributed by atoms with E-state index in [0.717, 1.165) is 24.2 Å². The van der Waals surface area contributed by atoms with Gasteiger partial charge in [0.15, 0.2) is 0 Å². The fourth-order valence-electron chi connectivity index (χ4n) is 2.34. The molecule has 0 aliphatic carbocycles. The number of benzene rings is 2. The third-order valence-electron chi connectivity index (χ3n) is 3.60. The number of hydrogen-bond acceptors (Lipinski definition) is 4. The predicted molar refractivity (Wildman–Crippen MR) is 87.1 cm³/mol. The van der Waals surface area contributed by atoms with Crippen LogP contribution in [0.1, 0.15) is 10.4 Å². The Balaban J connectivity index is 1.67. The monoisotopic (exact) mass is 294 g/mol. The Morgan fingerprint density at radius 2 is 1.59 bits per heavy atom. The molecule has 1 fully saturated rings. The molecule has 0 saturated carbocycles. The van der Waals surface area contributed by atoms with E-state index in [1.165, 1.54) is 6.21 Å². The molecule has 2 aromatic rings. The summed E-state index contributed by atoms with van der Waals surface area (Å²) in [6.45, 7) is 2.79. The number of hydrogen-bond donors (Lipinski definition) is 0. The zero-order chi connectivity index (χ0) is 15.2. The second-order valence-electron chi connectivity index (χ2n) is 5.12. The van der Waals surface area contributed by atoms with Crippen molar-refractivity contribution in [3.63, 3.8) is 0 Å². The van der Waals surface area contributed by atoms with Crippen molar-refractivity contribution in [1.82, 2.24) is 5.01 Å². The number of carbonyl (C=O) groups excluding carboxylic acids is 1. The van der Waals surface area contributed by atoms with E-state index in [4.69, 9.17) is 4.74 Å². The van der Waals surface area contributed by atoms with E-state index < -0.39 is 0 Å². The molecule has 3 rings (SSSR count). The van der Waals surface area contributed by atoms with Crippen LogP contribution in [0.5, 0.6) is 0 Å². The average Bonchev–Trinajstić information content (AvgIpc) is 2.61. The maximum absolute atomic E-state index is 12.1. The quantitative estimate of drug-likeness (QED) is 0.643. The first-order chi connectivity index (χ1) is 10.8. The van der Waals surface area contributed by atoms with E-state index in [2.05, 4.69) is 17.2 Å². The summed E-state index contributed by atoms with van der Waals surface area (Å²) in [6, 6.07) is 17.7. The van der Waals surface area contributed by atoms with Crippen molar-refractivity contribution in [1.29, 1.82) is 0 Å². The molecule has 1 saturated heterocycles. The number of morpholine rings is 1. The number of carbonyl (C=O) groups is 1. The van der Waals surface area contributed by atoms with Crippen molar-refractivity contribution < 1.29 is 9.53 Å². The van der Waals surface area contributed by atoms with Gasteiger partial charge in [-0.3, -0.25) is 9.80 Å². The summed E-state index contributed by atoms with van der Waals surface area (Å²) >= 11 is 0. The molecule has 1 aliphatic rings. The molecule has 0 N–H and O–H groups in total. The molecular weight excluding hydrogens is 276 g/mol. The standard InChI is InChI=1S/C18H18N2O2/c21-18(14-19-20-10-12-22-13-11-20)17-8-6-16(7-9-17)15-4-2-1-3-5-15/h1-9,14H,10-13H2. The summed E-state index contributed by atoms with van der Waals surface area (Å²) in [7, 11) is 0. The van der Waals surface area contributed by atoms with Gasteiger partial charge in [-0.15, -0.1) is 0 Å². The number of ether oxygens (including phenoxy) is 1. The largest absolute Gasteiger partial charge is 0.378 e. The highest BCUT2D eigenvalue weighted by molar-refractivity contribution is 6.35. The van der Waals surface area contributed by atoms with E-state index in [9.17, 15) is 4.79 Å². The Bertz CT molecular complexity index is 645. The van der Waals surface area contributed by atoms with E-state index >= 15 is 0 Å². The molecular formula is C18H18N2O2. The minimum atomic E-state index is -0.0777. The van der Waals surface area contributed by atoms with E-state index in [1.54, 1.807) is 0 Å². The molecule has 0 atom stereocenters. The highest BCUT2D eigenvalue weighted by Gasteiger charge is 2.08. The molecule has 4 nitrogen and oxygen atoms in total. The van der Waals surface area contributed by atoms with Crippen LogP contribution in [0.25, 0.3) is 11.1 Å². The summed E-state index contributed by atoms with van der Waals surface area (Å²) in [5, 5.41) is 6.08. The van der Waals surface area contributed by atoms with Crippen LogP contribution < -0.4 is 0 Å². The Kier molecular flexibility index (Phi) is 4.61. The zero-order valence-corrected chi connectivity index (χ0v) is 12.3. The summed E-state index contributed by atoms with van der Waals surface area (Å²) in [4.78, 5) is 12.1. The second-order valence-corrected chi connectivity index (χ2v) is 5.12. The van der Waals surface area contributed by atoms with Gasteiger partial charge < -0.3 is 4.74 Å². The van der Waals surface area contributed by atoms with Crippen LogP contribution in [0.2, 0.25) is 0 Å². The lowest BCUT2D eigenvalue weighted by Crippen LogP contribution is -2.32. The van der Waals surface area contributed by atoms with Gasteiger partial charge >= 0.3 is 0 Å². The molecule has 0 spiro atoms. The SMILES string of the molecule is O=C(C=NN1CCOCC1)c1ccc(-c2ccccc2)cc1. The third kappa shape index (κ3) is 3.59. The molecule has 112 valence electrons. The van der Waals surface area contributed by atoms with Crippen molar-refractivity contribution in [2.75, 3.05) is 26.3 Å². The number of ketones is 1. The lowest BCUT2D eigenvalue weighted by atomic mass is 10.0. The number of rotatable bonds is 4. The number of nitrogens with zero attached hydrogens (tertiary/aromatic N) is 2. The Labute approximate surface area is 130 Å². The van der Waals surface area contributed by atoms with Crippen molar-refractivity contribution in [2.24, 2.45) is 5.10 Å². The van der Waals surface area contributed by atoms with Gasteiger partial charge in [0.2, 0.25) is 5.78 Å². The van der Waals surface area contributed by atoms with E-state index in [1.807, 2.05) is 47.5 Å². The topological polar surface area (TPSA) is 41.9 Å².